The van der Waals surface area contributed by atoms with E-state index in [4.69, 9.17) is 4.74 Å². The highest BCUT2D eigenvalue weighted by atomic mass is 16.5. The van der Waals surface area contributed by atoms with Crippen LogP contribution in [-0.2, 0) is 4.74 Å². The predicted molar refractivity (Wildman–Crippen MR) is 67.2 cm³/mol. The topological polar surface area (TPSA) is 21.3 Å². The van der Waals surface area contributed by atoms with Gasteiger partial charge in [-0.25, -0.2) is 0 Å². The van der Waals surface area contributed by atoms with E-state index in [0.29, 0.717) is 17.9 Å². The van der Waals surface area contributed by atoms with Crippen molar-refractivity contribution in [2.75, 3.05) is 19.7 Å². The zero-order valence-corrected chi connectivity index (χ0v) is 11.2. The van der Waals surface area contributed by atoms with E-state index in [1.165, 1.54) is 12.8 Å². The molecule has 92 valence electrons. The van der Waals surface area contributed by atoms with Crippen LogP contribution in [0.1, 0.15) is 47.5 Å². The molecule has 2 unspecified atom stereocenters. The summed E-state index contributed by atoms with van der Waals surface area (Å²) in [6.45, 7) is 14.0. The molecule has 15 heavy (non-hydrogen) atoms. The van der Waals surface area contributed by atoms with Crippen LogP contribution in [0.3, 0.4) is 0 Å². The highest BCUT2D eigenvalue weighted by Crippen LogP contribution is 2.11. The summed E-state index contributed by atoms with van der Waals surface area (Å²) in [5, 5.41) is 3.36. The van der Waals surface area contributed by atoms with Crippen LogP contribution < -0.4 is 5.32 Å². The van der Waals surface area contributed by atoms with Gasteiger partial charge in [0, 0.05) is 13.2 Å². The number of ether oxygens (including phenoxy) is 1. The Kier molecular flexibility index (Phi) is 9.12. The van der Waals surface area contributed by atoms with Crippen molar-refractivity contribution in [3.8, 4) is 0 Å². The Bertz CT molecular complexity index is 136. The summed E-state index contributed by atoms with van der Waals surface area (Å²) in [7, 11) is 0. The SMILES string of the molecule is CCCC(C)COC(CNCC)C(C)C. The van der Waals surface area contributed by atoms with E-state index in [1.807, 2.05) is 0 Å². The first kappa shape index (κ1) is 14.9. The second-order valence-electron chi connectivity index (χ2n) is 4.82. The van der Waals surface area contributed by atoms with E-state index >= 15 is 0 Å². The molecule has 0 saturated carbocycles. The molecule has 2 nitrogen and oxygen atoms in total. The molecule has 0 aliphatic carbocycles. The summed E-state index contributed by atoms with van der Waals surface area (Å²) >= 11 is 0. The van der Waals surface area contributed by atoms with Crippen molar-refractivity contribution in [3.05, 3.63) is 0 Å². The lowest BCUT2D eigenvalue weighted by Crippen LogP contribution is -2.34. The number of nitrogens with one attached hydrogen (secondary N) is 1. The molecule has 0 aromatic heterocycles. The first-order valence-corrected chi connectivity index (χ1v) is 6.44. The second-order valence-corrected chi connectivity index (χ2v) is 4.82. The van der Waals surface area contributed by atoms with Crippen molar-refractivity contribution in [2.45, 2.75) is 53.6 Å². The fraction of sp³-hybridized carbons (Fsp3) is 1.00. The van der Waals surface area contributed by atoms with E-state index in [-0.39, 0.29) is 0 Å². The van der Waals surface area contributed by atoms with Gasteiger partial charge in [-0.2, -0.15) is 0 Å². The van der Waals surface area contributed by atoms with Gasteiger partial charge in [-0.15, -0.1) is 0 Å². The summed E-state index contributed by atoms with van der Waals surface area (Å²) in [6, 6.07) is 0. The van der Waals surface area contributed by atoms with Crippen molar-refractivity contribution in [3.63, 3.8) is 0 Å². The number of hydrogen-bond donors (Lipinski definition) is 1. The average molecular weight is 215 g/mol. The molecule has 1 N–H and O–H groups in total. The Morgan fingerprint density at radius 2 is 1.80 bits per heavy atom. The zero-order valence-electron chi connectivity index (χ0n) is 11.2. The molecule has 0 aliphatic rings. The van der Waals surface area contributed by atoms with Gasteiger partial charge in [-0.1, -0.05) is 41.0 Å². The lowest BCUT2D eigenvalue weighted by atomic mass is 10.1. The van der Waals surface area contributed by atoms with Crippen molar-refractivity contribution >= 4 is 0 Å². The maximum atomic E-state index is 5.96. The van der Waals surface area contributed by atoms with Gasteiger partial charge in [-0.3, -0.25) is 0 Å². The first-order chi connectivity index (χ1) is 7.11. The van der Waals surface area contributed by atoms with Gasteiger partial charge in [0.25, 0.3) is 0 Å². The molecule has 0 saturated heterocycles. The van der Waals surface area contributed by atoms with Crippen LogP contribution in [0.4, 0.5) is 0 Å². The third kappa shape index (κ3) is 7.80. The van der Waals surface area contributed by atoms with E-state index in [0.717, 1.165) is 19.7 Å². The highest BCUT2D eigenvalue weighted by molar-refractivity contribution is 4.66. The van der Waals surface area contributed by atoms with Crippen LogP contribution in [0.2, 0.25) is 0 Å². The van der Waals surface area contributed by atoms with E-state index in [1.54, 1.807) is 0 Å². The molecule has 2 heteroatoms. The van der Waals surface area contributed by atoms with Gasteiger partial charge in [0.2, 0.25) is 0 Å². The average Bonchev–Trinajstić information content (AvgIpc) is 2.17. The third-order valence-corrected chi connectivity index (χ3v) is 2.72. The zero-order chi connectivity index (χ0) is 11.7. The molecule has 0 rings (SSSR count). The van der Waals surface area contributed by atoms with Crippen molar-refractivity contribution in [2.24, 2.45) is 11.8 Å². The molecular formula is C13H29NO. The molecule has 2 atom stereocenters. The molecule has 0 bridgehead atoms. The van der Waals surface area contributed by atoms with Crippen LogP contribution in [0.25, 0.3) is 0 Å². The number of hydrogen-bond acceptors (Lipinski definition) is 2. The van der Waals surface area contributed by atoms with Crippen LogP contribution >= 0.6 is 0 Å². The normalized spacial score (nSPS) is 15.6. The van der Waals surface area contributed by atoms with E-state index in [9.17, 15) is 0 Å². The maximum absolute atomic E-state index is 5.96. The summed E-state index contributed by atoms with van der Waals surface area (Å²) in [4.78, 5) is 0. The van der Waals surface area contributed by atoms with Gasteiger partial charge in [0.15, 0.2) is 0 Å². The first-order valence-electron chi connectivity index (χ1n) is 6.44. The van der Waals surface area contributed by atoms with E-state index in [2.05, 4.69) is 39.9 Å². The fourth-order valence-electron chi connectivity index (χ4n) is 1.64. The number of rotatable bonds is 9. The van der Waals surface area contributed by atoms with E-state index < -0.39 is 0 Å². The third-order valence-electron chi connectivity index (χ3n) is 2.72. The molecule has 0 radical (unpaired) electrons. The minimum absolute atomic E-state index is 0.365. The maximum Gasteiger partial charge on any atom is 0.0722 e. The Morgan fingerprint density at radius 3 is 2.27 bits per heavy atom. The molecule has 0 fully saturated rings. The van der Waals surface area contributed by atoms with Gasteiger partial charge in [-0.05, 0) is 24.8 Å². The lowest BCUT2D eigenvalue weighted by Gasteiger charge is -2.23. The number of likely N-dealkylation sites (N-methyl/N-ethyl adjacent to an activating group) is 1. The Labute approximate surface area is 95.8 Å². The van der Waals surface area contributed by atoms with Gasteiger partial charge < -0.3 is 10.1 Å². The summed E-state index contributed by atoms with van der Waals surface area (Å²) in [5.41, 5.74) is 0. The molecule has 0 heterocycles. The van der Waals surface area contributed by atoms with Gasteiger partial charge >= 0.3 is 0 Å². The van der Waals surface area contributed by atoms with Crippen LogP contribution in [0.15, 0.2) is 0 Å². The minimum atomic E-state index is 0.365. The predicted octanol–water partition coefficient (Wildman–Crippen LogP) is 3.07. The standard InChI is InChI=1S/C13H29NO/c1-6-8-12(5)10-15-13(11(3)4)9-14-7-2/h11-14H,6-10H2,1-5H3. The highest BCUT2D eigenvalue weighted by Gasteiger charge is 2.14. The van der Waals surface area contributed by atoms with Crippen LogP contribution in [-0.4, -0.2) is 25.8 Å². The summed E-state index contributed by atoms with van der Waals surface area (Å²) in [5.74, 6) is 1.29. The van der Waals surface area contributed by atoms with Crippen LogP contribution in [0, 0.1) is 11.8 Å². The molecule has 0 spiro atoms. The Hall–Kier alpha value is -0.0800. The van der Waals surface area contributed by atoms with Crippen molar-refractivity contribution in [1.82, 2.24) is 5.32 Å². The molecular weight excluding hydrogens is 186 g/mol. The largest absolute Gasteiger partial charge is 0.376 e. The fourth-order valence-corrected chi connectivity index (χ4v) is 1.64. The second kappa shape index (κ2) is 9.17. The molecule has 0 aliphatic heterocycles. The van der Waals surface area contributed by atoms with Crippen LogP contribution in [0.5, 0.6) is 0 Å². The van der Waals surface area contributed by atoms with Crippen molar-refractivity contribution in [1.29, 1.82) is 0 Å². The molecule has 0 aromatic rings. The van der Waals surface area contributed by atoms with Crippen molar-refractivity contribution < 1.29 is 4.74 Å². The smallest absolute Gasteiger partial charge is 0.0722 e. The monoisotopic (exact) mass is 215 g/mol. The van der Waals surface area contributed by atoms with Gasteiger partial charge in [0.1, 0.15) is 0 Å². The molecule has 0 amide bonds. The minimum Gasteiger partial charge on any atom is -0.376 e. The molecule has 0 aromatic carbocycles. The Morgan fingerprint density at radius 1 is 1.13 bits per heavy atom. The van der Waals surface area contributed by atoms with Gasteiger partial charge in [0.05, 0.1) is 6.10 Å². The Balaban J connectivity index is 3.74. The lowest BCUT2D eigenvalue weighted by molar-refractivity contribution is 0.00457. The summed E-state index contributed by atoms with van der Waals surface area (Å²) in [6.07, 6.45) is 2.89. The quantitative estimate of drug-likeness (QED) is 0.638. The summed E-state index contributed by atoms with van der Waals surface area (Å²) < 4.78 is 5.96.